The van der Waals surface area contributed by atoms with Crippen LogP contribution in [0.15, 0.2) is 39.7 Å². The predicted molar refractivity (Wildman–Crippen MR) is 94.9 cm³/mol. The Morgan fingerprint density at radius 3 is 2.68 bits per heavy atom. The first-order valence-electron chi connectivity index (χ1n) is 7.04. The van der Waals surface area contributed by atoms with Gasteiger partial charge >= 0.3 is 0 Å². The first kappa shape index (κ1) is 17.1. The molecule has 2 aromatic heterocycles. The fraction of sp³-hybridized carbons (Fsp3) is 0.312. The van der Waals surface area contributed by atoms with Gasteiger partial charge < -0.3 is 5.32 Å². The number of aromatic nitrogens is 2. The van der Waals surface area contributed by atoms with Crippen LogP contribution in [0.1, 0.15) is 36.8 Å². The van der Waals surface area contributed by atoms with Crippen molar-refractivity contribution in [2.75, 3.05) is 5.32 Å². The summed E-state index contributed by atoms with van der Waals surface area (Å²) in [5.74, 6) is 0.270. The first-order valence-corrected chi connectivity index (χ1v) is 8.63. The maximum absolute atomic E-state index is 12.6. The average Bonchev–Trinajstić information content (AvgIpc) is 2.48. The number of nitrogens with one attached hydrogen (secondary N) is 1. The van der Waals surface area contributed by atoms with Crippen molar-refractivity contribution in [3.8, 4) is 0 Å². The Morgan fingerprint density at radius 2 is 2.05 bits per heavy atom. The highest BCUT2D eigenvalue weighted by Gasteiger charge is 2.21. The number of nitrogens with zero attached hydrogens (tertiary/aromatic N) is 2. The Balaban J connectivity index is 2.21. The maximum Gasteiger partial charge on any atom is 0.233 e. The van der Waals surface area contributed by atoms with Crippen LogP contribution in [0.2, 0.25) is 0 Å². The van der Waals surface area contributed by atoms with E-state index in [0.29, 0.717) is 5.82 Å². The molecular weight excluding hydrogens is 410 g/mol. The smallest absolute Gasteiger partial charge is 0.233 e. The highest BCUT2D eigenvalue weighted by molar-refractivity contribution is 9.10. The van der Waals surface area contributed by atoms with Gasteiger partial charge in [0, 0.05) is 27.5 Å². The van der Waals surface area contributed by atoms with E-state index in [1.165, 1.54) is 0 Å². The van der Waals surface area contributed by atoms with Crippen molar-refractivity contribution in [1.29, 1.82) is 0 Å². The molecule has 2 aromatic rings. The van der Waals surface area contributed by atoms with Crippen molar-refractivity contribution < 1.29 is 4.79 Å². The molecule has 2 rings (SSSR count). The zero-order valence-electron chi connectivity index (χ0n) is 12.4. The number of halogens is 2. The van der Waals surface area contributed by atoms with E-state index in [1.54, 1.807) is 18.6 Å². The number of pyridine rings is 2. The summed E-state index contributed by atoms with van der Waals surface area (Å²) in [6.07, 6.45) is 6.83. The summed E-state index contributed by atoms with van der Waals surface area (Å²) in [5, 5.41) is 2.90. The second-order valence-corrected chi connectivity index (χ2v) is 6.86. The van der Waals surface area contributed by atoms with Gasteiger partial charge in [0.2, 0.25) is 5.91 Å². The molecule has 6 heteroatoms. The molecule has 22 heavy (non-hydrogen) atoms. The largest absolute Gasteiger partial charge is 0.310 e. The number of aryl methyl sites for hydroxylation is 1. The number of carbonyl (C=O) groups is 1. The average molecular weight is 427 g/mol. The molecule has 0 fully saturated rings. The van der Waals surface area contributed by atoms with Crippen molar-refractivity contribution in [2.45, 2.75) is 32.6 Å². The summed E-state index contributed by atoms with van der Waals surface area (Å²) in [6, 6.07) is 3.79. The molecule has 0 saturated carbocycles. The number of rotatable bonds is 5. The van der Waals surface area contributed by atoms with Crippen molar-refractivity contribution in [3.63, 3.8) is 0 Å². The van der Waals surface area contributed by atoms with Gasteiger partial charge in [-0.2, -0.15) is 0 Å². The molecule has 2 heterocycles. The zero-order valence-corrected chi connectivity index (χ0v) is 15.6. The van der Waals surface area contributed by atoms with Crippen LogP contribution in [0.5, 0.6) is 0 Å². The lowest BCUT2D eigenvalue weighted by atomic mass is 9.95. The highest BCUT2D eigenvalue weighted by Crippen LogP contribution is 2.25. The Bertz CT molecular complexity index is 676. The number of hydrogen-bond donors (Lipinski definition) is 1. The SMILES string of the molecule is CCCC(C(=O)Nc1cc(C)c(Br)cn1)c1cncc(Br)c1. The zero-order chi connectivity index (χ0) is 16.1. The fourth-order valence-electron chi connectivity index (χ4n) is 2.18. The number of hydrogen-bond acceptors (Lipinski definition) is 3. The van der Waals surface area contributed by atoms with Crippen LogP contribution >= 0.6 is 31.9 Å². The van der Waals surface area contributed by atoms with Gasteiger partial charge in [0.05, 0.1) is 5.92 Å². The van der Waals surface area contributed by atoms with Gasteiger partial charge in [-0.05, 0) is 68.5 Å². The van der Waals surface area contributed by atoms with Gasteiger partial charge in [-0.1, -0.05) is 13.3 Å². The van der Waals surface area contributed by atoms with Crippen LogP contribution in [0, 0.1) is 6.92 Å². The summed E-state index contributed by atoms with van der Waals surface area (Å²) in [7, 11) is 0. The lowest BCUT2D eigenvalue weighted by Gasteiger charge is -2.16. The summed E-state index contributed by atoms with van der Waals surface area (Å²) in [4.78, 5) is 21.0. The van der Waals surface area contributed by atoms with Gasteiger partial charge in [0.1, 0.15) is 5.82 Å². The second-order valence-electron chi connectivity index (χ2n) is 5.09. The van der Waals surface area contributed by atoms with Crippen molar-refractivity contribution in [2.24, 2.45) is 0 Å². The Morgan fingerprint density at radius 1 is 1.27 bits per heavy atom. The minimum atomic E-state index is -0.235. The summed E-state index contributed by atoms with van der Waals surface area (Å²) in [6.45, 7) is 4.02. The summed E-state index contributed by atoms with van der Waals surface area (Å²) >= 11 is 6.81. The molecule has 4 nitrogen and oxygen atoms in total. The molecular formula is C16H17Br2N3O. The lowest BCUT2D eigenvalue weighted by molar-refractivity contribution is -0.117. The fourth-order valence-corrected chi connectivity index (χ4v) is 2.78. The normalized spacial score (nSPS) is 12.0. The molecule has 0 radical (unpaired) electrons. The van der Waals surface area contributed by atoms with Gasteiger partial charge in [-0.15, -0.1) is 0 Å². The second kappa shape index (κ2) is 7.83. The third-order valence-corrected chi connectivity index (χ3v) is 4.58. The minimum Gasteiger partial charge on any atom is -0.310 e. The van der Waals surface area contributed by atoms with Gasteiger partial charge in [-0.25, -0.2) is 4.98 Å². The molecule has 1 unspecified atom stereocenters. The molecule has 0 aromatic carbocycles. The standard InChI is InChI=1S/C16H17Br2N3O/c1-3-4-13(11-6-12(17)8-19-7-11)16(22)21-15-5-10(2)14(18)9-20-15/h5-9,13H,3-4H2,1-2H3,(H,20,21,22). The van der Waals surface area contributed by atoms with E-state index < -0.39 is 0 Å². The first-order chi connectivity index (χ1) is 10.5. The molecule has 1 atom stereocenters. The number of anilines is 1. The molecule has 116 valence electrons. The molecule has 1 N–H and O–H groups in total. The number of carbonyl (C=O) groups excluding carboxylic acids is 1. The highest BCUT2D eigenvalue weighted by atomic mass is 79.9. The van der Waals surface area contributed by atoms with Gasteiger partial charge in [-0.3, -0.25) is 9.78 Å². The van der Waals surface area contributed by atoms with Crippen LogP contribution in [0.25, 0.3) is 0 Å². The molecule has 0 spiro atoms. The molecule has 0 aliphatic rings. The van der Waals surface area contributed by atoms with Gasteiger partial charge in [0.15, 0.2) is 0 Å². The van der Waals surface area contributed by atoms with E-state index in [-0.39, 0.29) is 11.8 Å². The van der Waals surface area contributed by atoms with E-state index in [0.717, 1.165) is 32.9 Å². The summed E-state index contributed by atoms with van der Waals surface area (Å²) < 4.78 is 1.79. The van der Waals surface area contributed by atoms with E-state index in [4.69, 9.17) is 0 Å². The van der Waals surface area contributed by atoms with Crippen LogP contribution in [0.3, 0.4) is 0 Å². The predicted octanol–water partition coefficient (Wildman–Crippen LogP) is 4.83. The Labute approximate surface area is 147 Å². The molecule has 0 bridgehead atoms. The van der Waals surface area contributed by atoms with Gasteiger partial charge in [0.25, 0.3) is 0 Å². The molecule has 1 amide bonds. The maximum atomic E-state index is 12.6. The van der Waals surface area contributed by atoms with E-state index in [2.05, 4.69) is 54.1 Å². The Kier molecular flexibility index (Phi) is 6.08. The monoisotopic (exact) mass is 425 g/mol. The van der Waals surface area contributed by atoms with Crippen molar-refractivity contribution in [3.05, 3.63) is 50.8 Å². The summed E-state index contributed by atoms with van der Waals surface area (Å²) in [5.41, 5.74) is 1.93. The molecule has 0 aliphatic heterocycles. The van der Waals surface area contributed by atoms with Crippen molar-refractivity contribution in [1.82, 2.24) is 9.97 Å². The lowest BCUT2D eigenvalue weighted by Crippen LogP contribution is -2.22. The Hall–Kier alpha value is -1.27. The van der Waals surface area contributed by atoms with Crippen LogP contribution in [-0.2, 0) is 4.79 Å². The molecule has 0 saturated heterocycles. The third-order valence-electron chi connectivity index (χ3n) is 3.32. The van der Waals surface area contributed by atoms with Crippen LogP contribution in [0.4, 0.5) is 5.82 Å². The number of amides is 1. The quantitative estimate of drug-likeness (QED) is 0.744. The van der Waals surface area contributed by atoms with Crippen LogP contribution < -0.4 is 5.32 Å². The third kappa shape index (κ3) is 4.36. The minimum absolute atomic E-state index is 0.0593. The van der Waals surface area contributed by atoms with E-state index in [9.17, 15) is 4.79 Å². The van der Waals surface area contributed by atoms with Crippen LogP contribution in [-0.4, -0.2) is 15.9 Å². The van der Waals surface area contributed by atoms with Crippen molar-refractivity contribution >= 4 is 43.6 Å². The van der Waals surface area contributed by atoms with E-state index >= 15 is 0 Å². The topological polar surface area (TPSA) is 54.9 Å². The van der Waals surface area contributed by atoms with E-state index in [1.807, 2.05) is 19.1 Å². The molecule has 0 aliphatic carbocycles.